The molecule has 180 valence electrons. The van der Waals surface area contributed by atoms with Gasteiger partial charge in [0.1, 0.15) is 6.04 Å². The summed E-state index contributed by atoms with van der Waals surface area (Å²) in [6, 6.07) is -0.941. The van der Waals surface area contributed by atoms with Gasteiger partial charge in [0.15, 0.2) is 0 Å². The molecule has 0 aromatic carbocycles. The van der Waals surface area contributed by atoms with Crippen LogP contribution in [0.4, 0.5) is 0 Å². The van der Waals surface area contributed by atoms with E-state index in [9.17, 15) is 19.5 Å². The Morgan fingerprint density at radius 2 is 1.97 bits per heavy atom. The van der Waals surface area contributed by atoms with Gasteiger partial charge in [0, 0.05) is 11.3 Å². The van der Waals surface area contributed by atoms with Crippen LogP contribution in [0.15, 0.2) is 0 Å². The lowest BCUT2D eigenvalue weighted by atomic mass is 9.71. The average molecular weight is 467 g/mol. The quantitative estimate of drug-likeness (QED) is 0.534. The summed E-state index contributed by atoms with van der Waals surface area (Å²) in [5, 5.41) is 13.6. The molecule has 0 aromatic heterocycles. The Morgan fingerprint density at radius 3 is 2.59 bits per heavy atom. The molecule has 0 radical (unpaired) electrons. The minimum absolute atomic E-state index is 0.0197. The Hall–Kier alpha value is -1.28. The van der Waals surface area contributed by atoms with Gasteiger partial charge in [-0.1, -0.05) is 39.5 Å². The molecule has 1 spiro atoms. The lowest BCUT2D eigenvalue weighted by molar-refractivity contribution is -0.154. The summed E-state index contributed by atoms with van der Waals surface area (Å²) in [6.45, 7) is 5.92. The number of carbonyl (C=O) groups excluding carboxylic acids is 3. The summed E-state index contributed by atoms with van der Waals surface area (Å²) >= 11 is 1.66. The molecule has 2 unspecified atom stereocenters. The molecular weight excluding hydrogens is 428 g/mol. The number of likely N-dealkylation sites (tertiary alicyclic amines) is 1. The molecule has 32 heavy (non-hydrogen) atoms. The van der Waals surface area contributed by atoms with Crippen LogP contribution in [0.3, 0.4) is 0 Å². The van der Waals surface area contributed by atoms with Gasteiger partial charge in [0.05, 0.1) is 35.8 Å². The van der Waals surface area contributed by atoms with E-state index in [0.29, 0.717) is 0 Å². The number of fused-ring (bicyclic) bond motifs is 1. The van der Waals surface area contributed by atoms with Gasteiger partial charge in [-0.3, -0.25) is 14.4 Å². The van der Waals surface area contributed by atoms with Gasteiger partial charge < -0.3 is 20.1 Å². The molecule has 0 aromatic rings. The predicted octanol–water partition coefficient (Wildman–Crippen LogP) is 2.50. The fraction of sp³-hybridized carbons (Fsp3) is 0.875. The van der Waals surface area contributed by atoms with E-state index in [1.54, 1.807) is 23.6 Å². The van der Waals surface area contributed by atoms with Crippen LogP contribution >= 0.6 is 11.8 Å². The van der Waals surface area contributed by atoms with Gasteiger partial charge in [-0.25, -0.2) is 0 Å². The molecule has 7 atom stereocenters. The van der Waals surface area contributed by atoms with E-state index in [2.05, 4.69) is 5.32 Å². The highest BCUT2D eigenvalue weighted by Crippen LogP contribution is 2.66. The van der Waals surface area contributed by atoms with E-state index in [1.165, 1.54) is 6.42 Å². The van der Waals surface area contributed by atoms with Crippen molar-refractivity contribution in [3.63, 3.8) is 0 Å². The number of nitrogens with one attached hydrogen (secondary N) is 1. The first-order valence-corrected chi connectivity index (χ1v) is 13.3. The number of aliphatic hydroxyl groups is 1. The van der Waals surface area contributed by atoms with Crippen molar-refractivity contribution in [3.05, 3.63) is 0 Å². The van der Waals surface area contributed by atoms with Crippen molar-refractivity contribution in [1.82, 2.24) is 10.2 Å². The molecular formula is C24H38N2O5S. The summed E-state index contributed by atoms with van der Waals surface area (Å²) in [7, 11) is 0. The Kier molecular flexibility index (Phi) is 7.11. The molecule has 3 saturated heterocycles. The molecule has 1 saturated carbocycles. The number of esters is 1. The van der Waals surface area contributed by atoms with Crippen molar-refractivity contribution in [2.45, 2.75) is 100 Å². The molecule has 2 bridgehead atoms. The summed E-state index contributed by atoms with van der Waals surface area (Å²) < 4.78 is 4.75. The summed E-state index contributed by atoms with van der Waals surface area (Å²) in [6.07, 6.45) is 7.71. The van der Waals surface area contributed by atoms with E-state index < -0.39 is 28.7 Å². The van der Waals surface area contributed by atoms with Gasteiger partial charge in [-0.2, -0.15) is 0 Å². The first-order chi connectivity index (χ1) is 15.4. The number of thioether (sulfide) groups is 1. The van der Waals surface area contributed by atoms with Crippen molar-refractivity contribution >= 4 is 29.5 Å². The second-order valence-electron chi connectivity index (χ2n) is 10.0. The van der Waals surface area contributed by atoms with Crippen molar-refractivity contribution in [1.29, 1.82) is 0 Å². The maximum Gasteiger partial charge on any atom is 0.310 e. The average Bonchev–Trinajstić information content (AvgIpc) is 3.43. The molecule has 8 heteroatoms. The maximum atomic E-state index is 13.9. The Bertz CT molecular complexity index is 742. The SMILES string of the molecule is CCOC(=O)[C@@H]1[C@@H]2CCC3(S2)C(C(=O)NC2CCCCC2)N([C@@H](CO)[C@@H](C)CC)C(=O)[C@H]13. The van der Waals surface area contributed by atoms with E-state index in [1.807, 2.05) is 13.8 Å². The predicted molar refractivity (Wildman–Crippen MR) is 123 cm³/mol. The van der Waals surface area contributed by atoms with E-state index in [-0.39, 0.29) is 48.2 Å². The topological polar surface area (TPSA) is 95.9 Å². The second kappa shape index (κ2) is 9.53. The number of aliphatic hydroxyl groups excluding tert-OH is 1. The molecule has 3 heterocycles. The number of nitrogens with zero attached hydrogens (tertiary/aromatic N) is 1. The van der Waals surface area contributed by atoms with Gasteiger partial charge in [-0.05, 0) is 38.5 Å². The van der Waals surface area contributed by atoms with Gasteiger partial charge in [0.2, 0.25) is 11.8 Å². The lowest BCUT2D eigenvalue weighted by Crippen LogP contribution is -2.59. The first kappa shape index (κ1) is 23.9. The van der Waals surface area contributed by atoms with Crippen LogP contribution in [0.1, 0.15) is 72.1 Å². The zero-order chi connectivity index (χ0) is 23.0. The molecule has 3 aliphatic heterocycles. The van der Waals surface area contributed by atoms with Gasteiger partial charge >= 0.3 is 5.97 Å². The number of carbonyl (C=O) groups is 3. The van der Waals surface area contributed by atoms with Crippen molar-refractivity contribution in [2.75, 3.05) is 13.2 Å². The lowest BCUT2D eigenvalue weighted by Gasteiger charge is -2.40. The smallest absolute Gasteiger partial charge is 0.310 e. The van der Waals surface area contributed by atoms with Gasteiger partial charge in [0.25, 0.3) is 0 Å². The van der Waals surface area contributed by atoms with Crippen LogP contribution in [0.2, 0.25) is 0 Å². The zero-order valence-electron chi connectivity index (χ0n) is 19.5. The number of rotatable bonds is 8. The monoisotopic (exact) mass is 466 g/mol. The zero-order valence-corrected chi connectivity index (χ0v) is 20.4. The Morgan fingerprint density at radius 1 is 1.25 bits per heavy atom. The van der Waals surface area contributed by atoms with E-state index in [0.717, 1.165) is 44.9 Å². The van der Waals surface area contributed by atoms with Crippen LogP contribution in [-0.4, -0.2) is 69.1 Å². The summed E-state index contributed by atoms with van der Waals surface area (Å²) in [5.41, 5.74) is 0. The van der Waals surface area contributed by atoms with Crippen molar-refractivity contribution in [2.24, 2.45) is 17.8 Å². The maximum absolute atomic E-state index is 13.9. The molecule has 1 aliphatic carbocycles. The minimum Gasteiger partial charge on any atom is -0.466 e. The highest BCUT2D eigenvalue weighted by Gasteiger charge is 2.74. The fourth-order valence-corrected chi connectivity index (χ4v) is 8.79. The van der Waals surface area contributed by atoms with Crippen LogP contribution in [0, 0.1) is 17.8 Å². The molecule has 2 N–H and O–H groups in total. The van der Waals surface area contributed by atoms with E-state index in [4.69, 9.17) is 4.74 Å². The standard InChI is InChI=1S/C24H38N2O5S/c1-4-14(3)16(13-27)26-20(21(28)25-15-9-7-6-8-10-15)24-12-11-17(32-24)18(19(24)22(26)29)23(30)31-5-2/h14-20,27H,4-13H2,1-3H3,(H,25,28)/t14-,16-,17-,18+,19-,20?,24?/m0/s1. The third-order valence-corrected chi connectivity index (χ3v) is 10.3. The largest absolute Gasteiger partial charge is 0.466 e. The van der Waals surface area contributed by atoms with Gasteiger partial charge in [-0.15, -0.1) is 11.8 Å². The van der Waals surface area contributed by atoms with Crippen molar-refractivity contribution in [3.8, 4) is 0 Å². The van der Waals surface area contributed by atoms with Crippen LogP contribution < -0.4 is 5.32 Å². The normalized spacial score (nSPS) is 36.1. The third-order valence-electron chi connectivity index (χ3n) is 8.34. The number of hydrogen-bond donors (Lipinski definition) is 2. The van der Waals surface area contributed by atoms with Crippen LogP contribution in [0.25, 0.3) is 0 Å². The highest BCUT2D eigenvalue weighted by atomic mass is 32.2. The number of amides is 2. The summed E-state index contributed by atoms with van der Waals surface area (Å²) in [5.74, 6) is -1.58. The Balaban J connectivity index is 1.70. The highest BCUT2D eigenvalue weighted by molar-refractivity contribution is 8.02. The molecule has 4 aliphatic rings. The Labute approximate surface area is 195 Å². The van der Waals surface area contributed by atoms with Crippen LogP contribution in [-0.2, 0) is 19.1 Å². The van der Waals surface area contributed by atoms with Crippen LogP contribution in [0.5, 0.6) is 0 Å². The number of ether oxygens (including phenoxy) is 1. The summed E-state index contributed by atoms with van der Waals surface area (Å²) in [4.78, 5) is 42.3. The van der Waals surface area contributed by atoms with E-state index >= 15 is 0 Å². The fourth-order valence-electron chi connectivity index (χ4n) is 6.60. The first-order valence-electron chi connectivity index (χ1n) is 12.5. The number of hydrogen-bond acceptors (Lipinski definition) is 6. The minimum atomic E-state index is -0.650. The van der Waals surface area contributed by atoms with Crippen molar-refractivity contribution < 1.29 is 24.2 Å². The molecule has 4 fully saturated rings. The molecule has 7 nitrogen and oxygen atoms in total. The third kappa shape index (κ3) is 3.75. The molecule has 4 rings (SSSR count). The molecule has 2 amide bonds. The second-order valence-corrected chi connectivity index (χ2v) is 11.6.